The van der Waals surface area contributed by atoms with Crippen molar-refractivity contribution in [2.24, 2.45) is 5.92 Å². The highest BCUT2D eigenvalue weighted by Gasteiger charge is 2.23. The molecule has 2 heterocycles. The molecule has 4 heteroatoms. The molecule has 1 N–H and O–H groups in total. The monoisotopic (exact) mass is 166 g/mol. The molecule has 64 valence electrons. The molecule has 2 rings (SSSR count). The topological polar surface area (TPSA) is 55.1 Å². The summed E-state index contributed by atoms with van der Waals surface area (Å²) in [6.45, 7) is 0.574. The predicted octanol–water partition coefficient (Wildman–Crippen LogP) is 0.530. The number of aromatic nitrogens is 2. The fourth-order valence-corrected chi connectivity index (χ4v) is 1.57. The van der Waals surface area contributed by atoms with Crippen molar-refractivity contribution in [2.45, 2.75) is 19.4 Å². The molecule has 1 atom stereocenters. The second-order valence-electron chi connectivity index (χ2n) is 3.11. The lowest BCUT2D eigenvalue weighted by Crippen LogP contribution is -2.25. The summed E-state index contributed by atoms with van der Waals surface area (Å²) in [6, 6.07) is 0. The second-order valence-corrected chi connectivity index (χ2v) is 3.11. The summed E-state index contributed by atoms with van der Waals surface area (Å²) in [6.07, 6.45) is 5.07. The third-order valence-corrected chi connectivity index (χ3v) is 2.31. The van der Waals surface area contributed by atoms with Gasteiger partial charge in [0, 0.05) is 18.4 Å². The molecule has 0 spiro atoms. The summed E-state index contributed by atoms with van der Waals surface area (Å²) in [7, 11) is 0. The van der Waals surface area contributed by atoms with Crippen LogP contribution in [0.2, 0.25) is 0 Å². The molecule has 0 unspecified atom stereocenters. The highest BCUT2D eigenvalue weighted by molar-refractivity contribution is 5.70. The fourth-order valence-electron chi connectivity index (χ4n) is 1.57. The normalized spacial score (nSPS) is 21.8. The molecule has 1 aromatic heterocycles. The molecule has 1 aliphatic rings. The molecule has 0 radical (unpaired) electrons. The summed E-state index contributed by atoms with van der Waals surface area (Å²) in [5.41, 5.74) is 1.15. The number of carboxylic acids is 1. The Morgan fingerprint density at radius 2 is 2.58 bits per heavy atom. The van der Waals surface area contributed by atoms with Crippen LogP contribution >= 0.6 is 0 Å². The van der Waals surface area contributed by atoms with E-state index < -0.39 is 5.97 Å². The van der Waals surface area contributed by atoms with Crippen LogP contribution in [-0.2, 0) is 17.8 Å². The largest absolute Gasteiger partial charge is 0.481 e. The Morgan fingerprint density at radius 3 is 3.33 bits per heavy atom. The maximum absolute atomic E-state index is 10.7. The minimum Gasteiger partial charge on any atom is -0.481 e. The highest BCUT2D eigenvalue weighted by Crippen LogP contribution is 2.19. The minimum absolute atomic E-state index is 0.230. The van der Waals surface area contributed by atoms with E-state index in [1.807, 2.05) is 4.57 Å². The van der Waals surface area contributed by atoms with Gasteiger partial charge in [-0.15, -0.1) is 0 Å². The fraction of sp³-hybridized carbons (Fsp3) is 0.500. The first-order chi connectivity index (χ1) is 5.77. The lowest BCUT2D eigenvalue weighted by Gasteiger charge is -2.20. The average Bonchev–Trinajstić information content (AvgIpc) is 2.49. The van der Waals surface area contributed by atoms with Crippen LogP contribution in [0.25, 0.3) is 0 Å². The molecule has 1 aliphatic heterocycles. The predicted molar refractivity (Wildman–Crippen MR) is 41.7 cm³/mol. The number of carbonyl (C=O) groups is 1. The van der Waals surface area contributed by atoms with E-state index in [1.54, 1.807) is 12.5 Å². The van der Waals surface area contributed by atoms with Crippen LogP contribution in [-0.4, -0.2) is 20.6 Å². The number of fused-ring (bicyclic) bond motifs is 1. The Hall–Kier alpha value is -1.32. The number of imidazole rings is 1. The molecule has 0 aliphatic carbocycles. The summed E-state index contributed by atoms with van der Waals surface area (Å²) in [5.74, 6) is -0.930. The van der Waals surface area contributed by atoms with Crippen LogP contribution in [0.1, 0.15) is 12.1 Å². The number of carboxylic acid groups (broad SMARTS) is 1. The molecule has 1 aromatic rings. The van der Waals surface area contributed by atoms with E-state index >= 15 is 0 Å². The van der Waals surface area contributed by atoms with E-state index in [2.05, 4.69) is 4.98 Å². The van der Waals surface area contributed by atoms with E-state index in [-0.39, 0.29) is 5.92 Å². The van der Waals surface area contributed by atoms with Crippen molar-refractivity contribution in [3.63, 3.8) is 0 Å². The van der Waals surface area contributed by atoms with Gasteiger partial charge in [-0.2, -0.15) is 0 Å². The van der Waals surface area contributed by atoms with Crippen molar-refractivity contribution in [2.75, 3.05) is 0 Å². The van der Waals surface area contributed by atoms with E-state index in [1.165, 1.54) is 0 Å². The molecule has 0 amide bonds. The first kappa shape index (κ1) is 7.34. The lowest BCUT2D eigenvalue weighted by atomic mass is 9.99. The van der Waals surface area contributed by atoms with E-state index in [9.17, 15) is 4.79 Å². The first-order valence-electron chi connectivity index (χ1n) is 3.99. The Morgan fingerprint density at radius 1 is 1.75 bits per heavy atom. The molecule has 0 saturated heterocycles. The molecule has 0 aromatic carbocycles. The standard InChI is InChI=1S/C8H10N2O2/c11-8(12)6-1-2-7-3-9-5-10(7)4-6/h3,5-6H,1-2,4H2,(H,11,12)/t6-/m0/s1. The number of aliphatic carboxylic acids is 1. The zero-order chi connectivity index (χ0) is 8.55. The van der Waals surface area contributed by atoms with Crippen molar-refractivity contribution in [1.82, 2.24) is 9.55 Å². The van der Waals surface area contributed by atoms with E-state index in [0.717, 1.165) is 18.5 Å². The molecule has 0 saturated carbocycles. The molecule has 0 bridgehead atoms. The molecular formula is C8H10N2O2. The number of aryl methyl sites for hydroxylation is 1. The maximum Gasteiger partial charge on any atom is 0.308 e. The zero-order valence-corrected chi connectivity index (χ0v) is 6.60. The van der Waals surface area contributed by atoms with E-state index in [0.29, 0.717) is 6.54 Å². The van der Waals surface area contributed by atoms with Gasteiger partial charge in [0.25, 0.3) is 0 Å². The van der Waals surface area contributed by atoms with Gasteiger partial charge in [-0.05, 0) is 12.8 Å². The Kier molecular flexibility index (Phi) is 1.60. The number of hydrogen-bond acceptors (Lipinski definition) is 2. The lowest BCUT2D eigenvalue weighted by molar-refractivity contribution is -0.142. The number of hydrogen-bond donors (Lipinski definition) is 1. The van der Waals surface area contributed by atoms with Crippen LogP contribution < -0.4 is 0 Å². The summed E-state index contributed by atoms with van der Waals surface area (Å²) < 4.78 is 1.92. The average molecular weight is 166 g/mol. The van der Waals surface area contributed by atoms with Gasteiger partial charge >= 0.3 is 5.97 Å². The first-order valence-corrected chi connectivity index (χ1v) is 3.99. The van der Waals surface area contributed by atoms with Crippen molar-refractivity contribution >= 4 is 5.97 Å². The molecule has 4 nitrogen and oxygen atoms in total. The van der Waals surface area contributed by atoms with Crippen LogP contribution in [0, 0.1) is 5.92 Å². The van der Waals surface area contributed by atoms with Crippen LogP contribution in [0.3, 0.4) is 0 Å². The quantitative estimate of drug-likeness (QED) is 0.662. The van der Waals surface area contributed by atoms with E-state index in [4.69, 9.17) is 5.11 Å². The number of nitrogens with zero attached hydrogens (tertiary/aromatic N) is 2. The Bertz CT molecular complexity index is 306. The van der Waals surface area contributed by atoms with Crippen molar-refractivity contribution in [3.05, 3.63) is 18.2 Å². The van der Waals surface area contributed by atoms with Crippen LogP contribution in [0.5, 0.6) is 0 Å². The highest BCUT2D eigenvalue weighted by atomic mass is 16.4. The molecule has 0 fully saturated rings. The van der Waals surface area contributed by atoms with Gasteiger partial charge in [0.05, 0.1) is 12.2 Å². The van der Waals surface area contributed by atoms with Crippen LogP contribution in [0.4, 0.5) is 0 Å². The summed E-state index contributed by atoms with van der Waals surface area (Å²) >= 11 is 0. The maximum atomic E-state index is 10.7. The van der Waals surface area contributed by atoms with Crippen molar-refractivity contribution in [1.29, 1.82) is 0 Å². The van der Waals surface area contributed by atoms with Gasteiger partial charge in [-0.3, -0.25) is 4.79 Å². The van der Waals surface area contributed by atoms with Gasteiger partial charge in [-0.25, -0.2) is 4.98 Å². The van der Waals surface area contributed by atoms with Crippen molar-refractivity contribution < 1.29 is 9.90 Å². The Balaban J connectivity index is 2.20. The van der Waals surface area contributed by atoms with Gasteiger partial charge in [0.1, 0.15) is 0 Å². The third-order valence-electron chi connectivity index (χ3n) is 2.31. The van der Waals surface area contributed by atoms with Gasteiger partial charge < -0.3 is 9.67 Å². The van der Waals surface area contributed by atoms with Gasteiger partial charge in [0.15, 0.2) is 0 Å². The van der Waals surface area contributed by atoms with Gasteiger partial charge in [0.2, 0.25) is 0 Å². The van der Waals surface area contributed by atoms with Crippen molar-refractivity contribution in [3.8, 4) is 0 Å². The Labute approximate surface area is 69.8 Å². The molecule has 12 heavy (non-hydrogen) atoms. The number of rotatable bonds is 1. The minimum atomic E-state index is -0.700. The zero-order valence-electron chi connectivity index (χ0n) is 6.60. The van der Waals surface area contributed by atoms with Gasteiger partial charge in [-0.1, -0.05) is 0 Å². The second kappa shape index (κ2) is 2.62. The molecular weight excluding hydrogens is 156 g/mol. The smallest absolute Gasteiger partial charge is 0.308 e. The SMILES string of the molecule is O=C(O)[C@H]1CCc2cncn2C1. The third kappa shape index (κ3) is 1.09. The summed E-state index contributed by atoms with van der Waals surface area (Å²) in [4.78, 5) is 14.6. The van der Waals surface area contributed by atoms with Crippen LogP contribution in [0.15, 0.2) is 12.5 Å². The summed E-state index contributed by atoms with van der Waals surface area (Å²) in [5, 5.41) is 8.77.